The molecule has 0 aliphatic carbocycles. The molecule has 0 aromatic heterocycles. The van der Waals surface area contributed by atoms with Gasteiger partial charge in [0.1, 0.15) is 0 Å². The summed E-state index contributed by atoms with van der Waals surface area (Å²) in [5.41, 5.74) is 4.12. The maximum absolute atomic E-state index is 8.17. The minimum absolute atomic E-state index is 0.801. The van der Waals surface area contributed by atoms with Crippen LogP contribution in [-0.4, -0.2) is 0 Å². The molecule has 0 aliphatic heterocycles. The highest BCUT2D eigenvalue weighted by Gasteiger charge is 1.87. The van der Waals surface area contributed by atoms with E-state index in [0.29, 0.717) is 0 Å². The van der Waals surface area contributed by atoms with Gasteiger partial charge in [0.15, 0.2) is 6.07 Å². The monoisotopic (exact) mass is 157 g/mol. The molecular formula is C9H7N3. The Kier molecular flexibility index (Phi) is 2.73. The van der Waals surface area contributed by atoms with Crippen molar-refractivity contribution in [1.29, 1.82) is 5.26 Å². The molecule has 0 spiro atoms. The van der Waals surface area contributed by atoms with E-state index in [-0.39, 0.29) is 0 Å². The van der Waals surface area contributed by atoms with Crippen LogP contribution >= 0.6 is 0 Å². The number of hydrazine groups is 1. The third kappa shape index (κ3) is 2.02. The van der Waals surface area contributed by atoms with Crippen molar-refractivity contribution in [3.05, 3.63) is 29.8 Å². The van der Waals surface area contributed by atoms with Crippen LogP contribution in [0.25, 0.3) is 0 Å². The summed E-state index contributed by atoms with van der Waals surface area (Å²) in [7, 11) is 0. The van der Waals surface area contributed by atoms with Gasteiger partial charge in [-0.1, -0.05) is 5.92 Å². The minimum atomic E-state index is 0.801. The van der Waals surface area contributed by atoms with Gasteiger partial charge < -0.3 is 5.43 Å². The van der Waals surface area contributed by atoms with Crippen molar-refractivity contribution in [1.82, 2.24) is 0 Å². The number of nitrogens with two attached hydrogens (primary N) is 1. The molecule has 12 heavy (non-hydrogen) atoms. The van der Waals surface area contributed by atoms with E-state index < -0.39 is 0 Å². The molecule has 58 valence electrons. The third-order valence-corrected chi connectivity index (χ3v) is 1.31. The summed E-state index contributed by atoms with van der Waals surface area (Å²) < 4.78 is 0. The Balaban J connectivity index is 2.87. The zero-order chi connectivity index (χ0) is 8.81. The van der Waals surface area contributed by atoms with Crippen LogP contribution in [0, 0.1) is 23.2 Å². The molecule has 0 fully saturated rings. The van der Waals surface area contributed by atoms with Gasteiger partial charge in [-0.3, -0.25) is 5.84 Å². The van der Waals surface area contributed by atoms with Crippen molar-refractivity contribution in [2.24, 2.45) is 5.84 Å². The second-order valence-electron chi connectivity index (χ2n) is 2.08. The topological polar surface area (TPSA) is 61.8 Å². The average molecular weight is 157 g/mol. The molecule has 0 saturated carbocycles. The lowest BCUT2D eigenvalue weighted by molar-refractivity contribution is 1.35. The zero-order valence-corrected chi connectivity index (χ0v) is 6.33. The lowest BCUT2D eigenvalue weighted by atomic mass is 10.2. The molecule has 0 radical (unpaired) electrons. The predicted octanol–water partition coefficient (Wildman–Crippen LogP) is 0.847. The van der Waals surface area contributed by atoms with Crippen LogP contribution in [0.5, 0.6) is 0 Å². The first-order valence-corrected chi connectivity index (χ1v) is 3.33. The molecular weight excluding hydrogens is 150 g/mol. The van der Waals surface area contributed by atoms with E-state index in [1.165, 1.54) is 0 Å². The van der Waals surface area contributed by atoms with E-state index in [4.69, 9.17) is 11.1 Å². The summed E-state index contributed by atoms with van der Waals surface area (Å²) in [6.45, 7) is 0. The van der Waals surface area contributed by atoms with Gasteiger partial charge >= 0.3 is 0 Å². The Morgan fingerprint density at radius 3 is 2.42 bits per heavy atom. The smallest absolute Gasteiger partial charge is 0.152 e. The highest BCUT2D eigenvalue weighted by Crippen LogP contribution is 2.06. The molecule has 3 heteroatoms. The number of nitrogens with one attached hydrogen (secondary N) is 1. The first kappa shape index (κ1) is 8.13. The number of anilines is 1. The second kappa shape index (κ2) is 4.02. The van der Waals surface area contributed by atoms with Crippen molar-refractivity contribution in [2.75, 3.05) is 5.43 Å². The molecule has 1 aromatic rings. The first-order chi connectivity index (χ1) is 5.86. The van der Waals surface area contributed by atoms with Gasteiger partial charge in [-0.05, 0) is 24.3 Å². The number of rotatable bonds is 1. The molecule has 0 amide bonds. The van der Waals surface area contributed by atoms with E-state index >= 15 is 0 Å². The number of nitrogens with zero attached hydrogens (tertiary/aromatic N) is 1. The Morgan fingerprint density at radius 1 is 1.25 bits per heavy atom. The SMILES string of the molecule is N#CC#Cc1ccc(NN)cc1. The summed E-state index contributed by atoms with van der Waals surface area (Å²) in [5, 5.41) is 8.17. The van der Waals surface area contributed by atoms with Crippen molar-refractivity contribution >= 4 is 5.69 Å². The van der Waals surface area contributed by atoms with Crippen LogP contribution in [0.3, 0.4) is 0 Å². The lowest BCUT2D eigenvalue weighted by Gasteiger charge is -1.97. The van der Waals surface area contributed by atoms with E-state index in [1.54, 1.807) is 30.3 Å². The van der Waals surface area contributed by atoms with Gasteiger partial charge in [0.25, 0.3) is 0 Å². The number of hydrogen-bond donors (Lipinski definition) is 2. The third-order valence-electron chi connectivity index (χ3n) is 1.31. The van der Waals surface area contributed by atoms with Crippen LogP contribution in [0.2, 0.25) is 0 Å². The Bertz CT molecular complexity index is 348. The Morgan fingerprint density at radius 2 is 1.92 bits per heavy atom. The van der Waals surface area contributed by atoms with Gasteiger partial charge in [0.2, 0.25) is 0 Å². The summed E-state index contributed by atoms with van der Waals surface area (Å²) in [5.74, 6) is 10.1. The fourth-order valence-corrected chi connectivity index (χ4v) is 0.750. The molecule has 3 nitrogen and oxygen atoms in total. The fraction of sp³-hybridized carbons (Fsp3) is 0. The molecule has 0 heterocycles. The summed E-state index contributed by atoms with van der Waals surface area (Å²) >= 11 is 0. The van der Waals surface area contributed by atoms with E-state index in [0.717, 1.165) is 11.3 Å². The zero-order valence-electron chi connectivity index (χ0n) is 6.33. The Labute approximate surface area is 70.8 Å². The molecule has 0 unspecified atom stereocenters. The minimum Gasteiger partial charge on any atom is -0.324 e. The van der Waals surface area contributed by atoms with Gasteiger partial charge in [0.05, 0.1) is 0 Å². The normalized spacial score (nSPS) is 7.67. The van der Waals surface area contributed by atoms with Gasteiger partial charge in [0, 0.05) is 17.2 Å². The van der Waals surface area contributed by atoms with Crippen molar-refractivity contribution in [3.63, 3.8) is 0 Å². The lowest BCUT2D eigenvalue weighted by Crippen LogP contribution is -2.05. The first-order valence-electron chi connectivity index (χ1n) is 3.33. The van der Waals surface area contributed by atoms with Gasteiger partial charge in [-0.25, -0.2) is 0 Å². The predicted molar refractivity (Wildman–Crippen MR) is 46.7 cm³/mol. The molecule has 0 bridgehead atoms. The van der Waals surface area contributed by atoms with Crippen molar-refractivity contribution < 1.29 is 0 Å². The van der Waals surface area contributed by atoms with E-state index in [2.05, 4.69) is 17.3 Å². The number of benzene rings is 1. The van der Waals surface area contributed by atoms with Crippen LogP contribution < -0.4 is 11.3 Å². The van der Waals surface area contributed by atoms with Crippen LogP contribution in [0.4, 0.5) is 5.69 Å². The summed E-state index contributed by atoms with van der Waals surface area (Å²) in [4.78, 5) is 0. The van der Waals surface area contributed by atoms with Crippen LogP contribution in [-0.2, 0) is 0 Å². The molecule has 1 rings (SSSR count). The summed E-state index contributed by atoms with van der Waals surface area (Å²) in [6, 6.07) is 8.91. The second-order valence-corrected chi connectivity index (χ2v) is 2.08. The van der Waals surface area contributed by atoms with Crippen LogP contribution in [0.15, 0.2) is 24.3 Å². The standard InChI is InChI=1S/C9H7N3/c10-7-1-2-8-3-5-9(12-11)6-4-8/h3-6,12H,11H2. The largest absolute Gasteiger partial charge is 0.324 e. The molecule has 0 saturated heterocycles. The van der Waals surface area contributed by atoms with Crippen LogP contribution in [0.1, 0.15) is 5.56 Å². The molecule has 0 aliphatic rings. The van der Waals surface area contributed by atoms with Gasteiger partial charge in [-0.2, -0.15) is 5.26 Å². The van der Waals surface area contributed by atoms with Crippen molar-refractivity contribution in [3.8, 4) is 17.9 Å². The number of hydrogen-bond acceptors (Lipinski definition) is 3. The quantitative estimate of drug-likeness (QED) is 0.361. The molecule has 0 atom stereocenters. The van der Waals surface area contributed by atoms with E-state index in [9.17, 15) is 0 Å². The maximum atomic E-state index is 8.17. The summed E-state index contributed by atoms with van der Waals surface area (Å²) in [6.07, 6.45) is 0. The van der Waals surface area contributed by atoms with E-state index in [1.807, 2.05) is 0 Å². The number of nitrogen functional groups attached to an aromatic ring is 1. The Hall–Kier alpha value is -1.97. The molecule has 3 N–H and O–H groups in total. The van der Waals surface area contributed by atoms with Gasteiger partial charge in [-0.15, -0.1) is 0 Å². The fourth-order valence-electron chi connectivity index (χ4n) is 0.750. The highest BCUT2D eigenvalue weighted by molar-refractivity contribution is 5.48. The highest BCUT2D eigenvalue weighted by atomic mass is 15.2. The number of nitriles is 1. The van der Waals surface area contributed by atoms with Crippen molar-refractivity contribution in [2.45, 2.75) is 0 Å². The maximum Gasteiger partial charge on any atom is 0.152 e. The molecule has 1 aromatic carbocycles. The average Bonchev–Trinajstić information content (AvgIpc) is 2.15.